The molecular weight excluding hydrogens is 312 g/mol. The zero-order valence-corrected chi connectivity index (χ0v) is 12.9. The number of nitrogens with zero attached hydrogens (tertiary/aromatic N) is 2. The highest BCUT2D eigenvalue weighted by Crippen LogP contribution is 2.22. The molecular formula is C13H15ClN4O2S. The number of rotatable bonds is 6. The third-order valence-corrected chi connectivity index (χ3v) is 4.23. The van der Waals surface area contributed by atoms with Crippen molar-refractivity contribution in [3.63, 3.8) is 0 Å². The van der Waals surface area contributed by atoms with Crippen LogP contribution in [0.25, 0.3) is 0 Å². The Kier molecular flexibility index (Phi) is 4.98. The number of hydrogen-bond acceptors (Lipinski definition) is 5. The summed E-state index contributed by atoms with van der Waals surface area (Å²) in [6.07, 6.45) is 3.82. The van der Waals surface area contributed by atoms with E-state index >= 15 is 0 Å². The molecule has 2 N–H and O–H groups in total. The summed E-state index contributed by atoms with van der Waals surface area (Å²) in [6.45, 7) is 2.73. The topological polar surface area (TPSA) is 84.0 Å². The fraction of sp³-hybridized carbons (Fsp3) is 0.231. The molecule has 2 rings (SSSR count). The molecule has 0 atom stereocenters. The summed E-state index contributed by atoms with van der Waals surface area (Å²) in [5, 5.41) is 3.27. The van der Waals surface area contributed by atoms with E-state index in [0.29, 0.717) is 5.82 Å². The molecule has 6 nitrogen and oxygen atoms in total. The number of halogens is 1. The molecule has 2 aromatic heterocycles. The third-order valence-electron chi connectivity index (χ3n) is 2.59. The molecule has 0 aromatic carbocycles. The smallest absolute Gasteiger partial charge is 0.263 e. The van der Waals surface area contributed by atoms with Gasteiger partial charge in [-0.3, -0.25) is 4.72 Å². The van der Waals surface area contributed by atoms with Gasteiger partial charge in [0.25, 0.3) is 10.0 Å². The minimum atomic E-state index is -3.76. The first-order valence-electron chi connectivity index (χ1n) is 6.36. The van der Waals surface area contributed by atoms with Crippen LogP contribution in [-0.2, 0) is 10.0 Å². The molecule has 112 valence electrons. The molecule has 0 aliphatic rings. The molecule has 0 aliphatic carbocycles. The van der Waals surface area contributed by atoms with Crippen LogP contribution in [0.15, 0.2) is 41.6 Å². The fourth-order valence-corrected chi connectivity index (χ4v) is 2.84. The van der Waals surface area contributed by atoms with Crippen LogP contribution in [0, 0.1) is 0 Å². The zero-order valence-electron chi connectivity index (χ0n) is 11.4. The Labute approximate surface area is 128 Å². The maximum atomic E-state index is 12.3. The van der Waals surface area contributed by atoms with Gasteiger partial charge in [0, 0.05) is 25.0 Å². The van der Waals surface area contributed by atoms with Gasteiger partial charge in [0.05, 0.1) is 9.92 Å². The second-order valence-corrected chi connectivity index (χ2v) is 6.33. The monoisotopic (exact) mass is 326 g/mol. The molecule has 0 saturated heterocycles. The number of hydrogen-bond donors (Lipinski definition) is 2. The van der Waals surface area contributed by atoms with E-state index < -0.39 is 10.0 Å². The minimum absolute atomic E-state index is 0.0952. The summed E-state index contributed by atoms with van der Waals surface area (Å²) in [4.78, 5) is 8.07. The van der Waals surface area contributed by atoms with E-state index in [1.54, 1.807) is 12.1 Å². The van der Waals surface area contributed by atoms with Crippen molar-refractivity contribution >= 4 is 33.3 Å². The summed E-state index contributed by atoms with van der Waals surface area (Å²) in [5.41, 5.74) is 0. The SMILES string of the molecule is CCCNc1cc(S(=O)(=O)Nc2ncccc2Cl)ccn1. The Bertz CT molecular complexity index is 722. The van der Waals surface area contributed by atoms with Gasteiger partial charge in [-0.2, -0.15) is 0 Å². The zero-order chi connectivity index (χ0) is 15.3. The normalized spacial score (nSPS) is 11.1. The first-order valence-corrected chi connectivity index (χ1v) is 8.22. The Balaban J connectivity index is 2.25. The highest BCUT2D eigenvalue weighted by Gasteiger charge is 2.17. The predicted octanol–water partition coefficient (Wildman–Crippen LogP) is 2.75. The predicted molar refractivity (Wildman–Crippen MR) is 83.1 cm³/mol. The standard InChI is InChI=1S/C13H15ClN4O2S/c1-2-6-15-12-9-10(5-8-16-12)21(19,20)18-13-11(14)4-3-7-17-13/h3-5,7-9H,2,6H2,1H3,(H,15,16)(H,17,18). The van der Waals surface area contributed by atoms with Gasteiger partial charge in [-0.05, 0) is 24.6 Å². The second-order valence-electron chi connectivity index (χ2n) is 4.24. The van der Waals surface area contributed by atoms with E-state index in [1.165, 1.54) is 24.5 Å². The van der Waals surface area contributed by atoms with Crippen molar-refractivity contribution in [3.05, 3.63) is 41.7 Å². The largest absolute Gasteiger partial charge is 0.370 e. The molecule has 0 spiro atoms. The molecule has 0 fully saturated rings. The summed E-state index contributed by atoms with van der Waals surface area (Å²) in [5.74, 6) is 0.603. The molecule has 0 radical (unpaired) electrons. The van der Waals surface area contributed by atoms with Gasteiger partial charge in [-0.1, -0.05) is 18.5 Å². The van der Waals surface area contributed by atoms with Crippen LogP contribution >= 0.6 is 11.6 Å². The van der Waals surface area contributed by atoms with E-state index in [2.05, 4.69) is 20.0 Å². The van der Waals surface area contributed by atoms with Gasteiger partial charge in [0.1, 0.15) is 5.82 Å². The van der Waals surface area contributed by atoms with Crippen molar-refractivity contribution in [2.75, 3.05) is 16.6 Å². The minimum Gasteiger partial charge on any atom is -0.370 e. The number of nitrogens with one attached hydrogen (secondary N) is 2. The van der Waals surface area contributed by atoms with Gasteiger partial charge in [0.15, 0.2) is 5.82 Å². The average molecular weight is 327 g/mol. The maximum Gasteiger partial charge on any atom is 0.263 e. The number of pyridine rings is 2. The third kappa shape index (κ3) is 4.05. The van der Waals surface area contributed by atoms with E-state index in [0.717, 1.165) is 13.0 Å². The first-order chi connectivity index (χ1) is 10.0. The number of anilines is 2. The lowest BCUT2D eigenvalue weighted by Crippen LogP contribution is -2.15. The summed E-state index contributed by atoms with van der Waals surface area (Å²) < 4.78 is 27.0. The van der Waals surface area contributed by atoms with E-state index in [4.69, 9.17) is 11.6 Å². The average Bonchev–Trinajstić information content (AvgIpc) is 2.48. The van der Waals surface area contributed by atoms with Crippen LogP contribution in [0.3, 0.4) is 0 Å². The maximum absolute atomic E-state index is 12.3. The summed E-state index contributed by atoms with van der Waals surface area (Å²) >= 11 is 5.90. The van der Waals surface area contributed by atoms with E-state index in [-0.39, 0.29) is 15.7 Å². The molecule has 0 unspecified atom stereocenters. The van der Waals surface area contributed by atoms with Crippen molar-refractivity contribution in [2.24, 2.45) is 0 Å². The lowest BCUT2D eigenvalue weighted by molar-refractivity contribution is 0.601. The molecule has 0 saturated carbocycles. The highest BCUT2D eigenvalue weighted by molar-refractivity contribution is 7.92. The molecule has 0 amide bonds. The molecule has 2 heterocycles. The Hall–Kier alpha value is -1.86. The molecule has 2 aromatic rings. The van der Waals surface area contributed by atoms with Gasteiger partial charge in [-0.15, -0.1) is 0 Å². The fourth-order valence-electron chi connectivity index (χ4n) is 1.58. The Morgan fingerprint density at radius 2 is 2.05 bits per heavy atom. The number of sulfonamides is 1. The van der Waals surface area contributed by atoms with E-state index in [1.807, 2.05) is 6.92 Å². The molecule has 8 heteroatoms. The second kappa shape index (κ2) is 6.73. The van der Waals surface area contributed by atoms with Crippen molar-refractivity contribution in [1.29, 1.82) is 0 Å². The van der Waals surface area contributed by atoms with Crippen LogP contribution in [0.5, 0.6) is 0 Å². The quantitative estimate of drug-likeness (QED) is 0.852. The van der Waals surface area contributed by atoms with Crippen LogP contribution in [0.2, 0.25) is 5.02 Å². The Morgan fingerprint density at radius 3 is 2.76 bits per heavy atom. The highest BCUT2D eigenvalue weighted by atomic mass is 35.5. The lowest BCUT2D eigenvalue weighted by Gasteiger charge is -2.10. The summed E-state index contributed by atoms with van der Waals surface area (Å²) in [6, 6.07) is 6.07. The van der Waals surface area contributed by atoms with Crippen LogP contribution in [0.4, 0.5) is 11.6 Å². The number of aromatic nitrogens is 2. The van der Waals surface area contributed by atoms with Crippen molar-refractivity contribution in [2.45, 2.75) is 18.2 Å². The van der Waals surface area contributed by atoms with Crippen molar-refractivity contribution in [1.82, 2.24) is 9.97 Å². The molecule has 0 bridgehead atoms. The van der Waals surface area contributed by atoms with Gasteiger partial charge >= 0.3 is 0 Å². The Morgan fingerprint density at radius 1 is 1.24 bits per heavy atom. The molecule has 0 aliphatic heterocycles. The lowest BCUT2D eigenvalue weighted by atomic mass is 10.4. The first kappa shape index (κ1) is 15.5. The van der Waals surface area contributed by atoms with Gasteiger partial charge in [0.2, 0.25) is 0 Å². The van der Waals surface area contributed by atoms with Crippen LogP contribution < -0.4 is 10.0 Å². The van der Waals surface area contributed by atoms with Crippen LogP contribution in [0.1, 0.15) is 13.3 Å². The van der Waals surface area contributed by atoms with Gasteiger partial charge in [-0.25, -0.2) is 18.4 Å². The van der Waals surface area contributed by atoms with Crippen molar-refractivity contribution in [3.8, 4) is 0 Å². The van der Waals surface area contributed by atoms with E-state index in [9.17, 15) is 8.42 Å². The summed E-state index contributed by atoms with van der Waals surface area (Å²) in [7, 11) is -3.76. The molecule has 21 heavy (non-hydrogen) atoms. The van der Waals surface area contributed by atoms with Gasteiger partial charge < -0.3 is 5.32 Å². The van der Waals surface area contributed by atoms with Crippen molar-refractivity contribution < 1.29 is 8.42 Å². The van der Waals surface area contributed by atoms with Crippen LogP contribution in [-0.4, -0.2) is 24.9 Å².